The van der Waals surface area contributed by atoms with Gasteiger partial charge in [0, 0.05) is 10.0 Å². The lowest BCUT2D eigenvalue weighted by Gasteiger charge is -1.98. The van der Waals surface area contributed by atoms with Crippen LogP contribution in [0.4, 0.5) is 5.69 Å². The van der Waals surface area contributed by atoms with Crippen LogP contribution in [0.2, 0.25) is 10.0 Å². The molecule has 0 amide bonds. The van der Waals surface area contributed by atoms with E-state index in [0.29, 0.717) is 15.7 Å². The Labute approximate surface area is 161 Å². The third kappa shape index (κ3) is 8.17. The fourth-order valence-electron chi connectivity index (χ4n) is 1.60. The van der Waals surface area contributed by atoms with Crippen LogP contribution in [0.5, 0.6) is 0 Å². The molecule has 7 N–H and O–H groups in total. The fraction of sp³-hybridized carbons (Fsp3) is 0.0667. The highest BCUT2D eigenvalue weighted by molar-refractivity contribution is 7.85. The summed E-state index contributed by atoms with van der Waals surface area (Å²) in [6.07, 6.45) is 0. The van der Waals surface area contributed by atoms with E-state index in [-0.39, 0.29) is 16.8 Å². The molecule has 0 saturated carbocycles. The van der Waals surface area contributed by atoms with Crippen LogP contribution in [-0.2, 0) is 10.1 Å². The molecule has 0 aliphatic carbocycles. The number of aliphatic imine (C=N–C) groups is 2. The van der Waals surface area contributed by atoms with E-state index < -0.39 is 10.1 Å². The molecule has 0 aromatic heterocycles. The molecule has 2 aromatic rings. The van der Waals surface area contributed by atoms with Crippen molar-refractivity contribution in [3.8, 4) is 0 Å². The van der Waals surface area contributed by atoms with Gasteiger partial charge in [-0.25, -0.2) is 4.99 Å². The molecule has 2 rings (SSSR count). The Morgan fingerprint density at radius 3 is 1.92 bits per heavy atom. The first-order valence-electron chi connectivity index (χ1n) is 6.91. The van der Waals surface area contributed by atoms with Gasteiger partial charge in [-0.15, -0.1) is 0 Å². The number of nitrogens with two attached hydrogens (primary N) is 3. The van der Waals surface area contributed by atoms with Gasteiger partial charge in [0.2, 0.25) is 5.96 Å². The van der Waals surface area contributed by atoms with Crippen LogP contribution in [-0.4, -0.2) is 24.9 Å². The van der Waals surface area contributed by atoms with E-state index in [4.69, 9.17) is 45.0 Å². The summed E-state index contributed by atoms with van der Waals surface area (Å²) in [5.74, 6) is -0.224. The molecule has 0 bridgehead atoms. The van der Waals surface area contributed by atoms with Crippen LogP contribution in [0.3, 0.4) is 0 Å². The first-order chi connectivity index (χ1) is 12.0. The molecule has 140 valence electrons. The lowest BCUT2D eigenvalue weighted by atomic mass is 10.2. The molecule has 0 atom stereocenters. The summed E-state index contributed by atoms with van der Waals surface area (Å²) in [5, 5.41) is 0.914. The number of guanidine groups is 2. The summed E-state index contributed by atoms with van der Waals surface area (Å²) >= 11 is 11.5. The van der Waals surface area contributed by atoms with Crippen LogP contribution in [0.1, 0.15) is 5.56 Å². The fourth-order valence-corrected chi connectivity index (χ4v) is 2.60. The van der Waals surface area contributed by atoms with Crippen molar-refractivity contribution in [2.45, 2.75) is 11.8 Å². The molecule has 0 aliphatic rings. The number of rotatable bonds is 2. The van der Waals surface area contributed by atoms with Crippen LogP contribution < -0.4 is 17.2 Å². The number of hydrogen-bond donors (Lipinski definition) is 4. The van der Waals surface area contributed by atoms with E-state index in [1.807, 2.05) is 6.92 Å². The van der Waals surface area contributed by atoms with E-state index in [1.165, 1.54) is 12.1 Å². The lowest BCUT2D eigenvalue weighted by molar-refractivity contribution is 0.483. The van der Waals surface area contributed by atoms with Gasteiger partial charge in [-0.3, -0.25) is 4.55 Å². The highest BCUT2D eigenvalue weighted by Gasteiger charge is 2.06. The SMILES string of the molecule is Cc1ccc(S(=O)(=O)O)cc1.NC(N)=NC(N)=Nc1cc(Cl)cc(Cl)c1. The molecule has 0 aliphatic heterocycles. The molecular formula is C15H17Cl2N5O3S. The Bertz CT molecular complexity index is 905. The van der Waals surface area contributed by atoms with Gasteiger partial charge in [-0.05, 0) is 37.3 Å². The minimum absolute atomic E-state index is 0.0617. The number of hydrogen-bond acceptors (Lipinski definition) is 3. The molecule has 0 fully saturated rings. The number of aryl methyl sites for hydroxylation is 1. The predicted octanol–water partition coefficient (Wildman–Crippen LogP) is 2.45. The monoisotopic (exact) mass is 417 g/mol. The Balaban J connectivity index is 0.000000273. The van der Waals surface area contributed by atoms with Gasteiger partial charge < -0.3 is 17.2 Å². The van der Waals surface area contributed by atoms with Gasteiger partial charge in [-0.1, -0.05) is 40.9 Å². The third-order valence-corrected chi connectivity index (χ3v) is 3.96. The zero-order chi connectivity index (χ0) is 19.9. The third-order valence-electron chi connectivity index (χ3n) is 2.65. The minimum atomic E-state index is -4.02. The Morgan fingerprint density at radius 2 is 1.50 bits per heavy atom. The van der Waals surface area contributed by atoms with Gasteiger partial charge in [0.25, 0.3) is 10.1 Å². The zero-order valence-electron chi connectivity index (χ0n) is 13.6. The Kier molecular flexibility index (Phi) is 7.84. The molecule has 0 radical (unpaired) electrons. The van der Waals surface area contributed by atoms with Crippen LogP contribution in [0.15, 0.2) is 57.3 Å². The second-order valence-corrected chi connectivity index (χ2v) is 7.22. The van der Waals surface area contributed by atoms with E-state index in [1.54, 1.807) is 30.3 Å². The van der Waals surface area contributed by atoms with Gasteiger partial charge in [0.1, 0.15) is 0 Å². The van der Waals surface area contributed by atoms with Crippen LogP contribution >= 0.6 is 23.2 Å². The van der Waals surface area contributed by atoms with Crippen LogP contribution in [0, 0.1) is 6.92 Å². The lowest BCUT2D eigenvalue weighted by Crippen LogP contribution is -2.26. The largest absolute Gasteiger partial charge is 0.370 e. The maximum atomic E-state index is 10.5. The van der Waals surface area contributed by atoms with Crippen molar-refractivity contribution >= 4 is 50.9 Å². The molecule has 0 unspecified atom stereocenters. The van der Waals surface area contributed by atoms with Crippen molar-refractivity contribution in [3.63, 3.8) is 0 Å². The Morgan fingerprint density at radius 1 is 1.00 bits per heavy atom. The summed E-state index contributed by atoms with van der Waals surface area (Å²) < 4.78 is 29.6. The van der Waals surface area contributed by atoms with Crippen molar-refractivity contribution < 1.29 is 13.0 Å². The highest BCUT2D eigenvalue weighted by Crippen LogP contribution is 2.24. The molecule has 8 nitrogen and oxygen atoms in total. The van der Waals surface area contributed by atoms with Crippen molar-refractivity contribution in [2.24, 2.45) is 27.2 Å². The van der Waals surface area contributed by atoms with Gasteiger partial charge in [0.15, 0.2) is 5.96 Å². The number of nitrogens with zero attached hydrogens (tertiary/aromatic N) is 2. The first kappa shape index (κ1) is 21.7. The average Bonchev–Trinajstić information content (AvgIpc) is 2.45. The molecule has 11 heteroatoms. The zero-order valence-corrected chi connectivity index (χ0v) is 15.9. The van der Waals surface area contributed by atoms with Gasteiger partial charge >= 0.3 is 0 Å². The van der Waals surface area contributed by atoms with Crippen molar-refractivity contribution in [1.29, 1.82) is 0 Å². The molecular weight excluding hydrogens is 401 g/mol. The second-order valence-electron chi connectivity index (χ2n) is 4.92. The average molecular weight is 418 g/mol. The maximum absolute atomic E-state index is 10.5. The summed E-state index contributed by atoms with van der Waals surface area (Å²) in [6, 6.07) is 10.7. The number of benzene rings is 2. The molecule has 26 heavy (non-hydrogen) atoms. The predicted molar refractivity (Wildman–Crippen MR) is 105 cm³/mol. The van der Waals surface area contributed by atoms with E-state index >= 15 is 0 Å². The molecule has 2 aromatic carbocycles. The van der Waals surface area contributed by atoms with E-state index in [0.717, 1.165) is 5.56 Å². The smallest absolute Gasteiger partial charge is 0.294 e. The highest BCUT2D eigenvalue weighted by atomic mass is 35.5. The molecule has 0 spiro atoms. The summed E-state index contributed by atoms with van der Waals surface area (Å²) in [7, 11) is -4.02. The summed E-state index contributed by atoms with van der Waals surface area (Å²) in [6.45, 7) is 1.84. The standard InChI is InChI=1S/C8H9Cl2N5.C7H8O3S/c9-4-1-5(10)3-6(2-4)14-8(13)15-7(11)12;1-6-2-4-7(5-3-6)11(8,9)10/h1-3H,(H6,11,12,13,14,15);2-5H,1H3,(H,8,9,10). The van der Waals surface area contributed by atoms with Gasteiger partial charge in [-0.2, -0.15) is 13.4 Å². The van der Waals surface area contributed by atoms with Gasteiger partial charge in [0.05, 0.1) is 10.6 Å². The minimum Gasteiger partial charge on any atom is -0.370 e. The second kappa shape index (κ2) is 9.39. The number of halogens is 2. The summed E-state index contributed by atoms with van der Waals surface area (Å²) in [5.41, 5.74) is 17.1. The molecule has 0 saturated heterocycles. The normalized spacial score (nSPS) is 11.3. The first-order valence-corrected chi connectivity index (χ1v) is 9.11. The topological polar surface area (TPSA) is 157 Å². The quantitative estimate of drug-likeness (QED) is 0.333. The van der Waals surface area contributed by atoms with Crippen molar-refractivity contribution in [3.05, 3.63) is 58.1 Å². The van der Waals surface area contributed by atoms with Crippen LogP contribution in [0.25, 0.3) is 0 Å². The van der Waals surface area contributed by atoms with Crippen molar-refractivity contribution in [1.82, 2.24) is 0 Å². The van der Waals surface area contributed by atoms with E-state index in [9.17, 15) is 8.42 Å². The van der Waals surface area contributed by atoms with Crippen molar-refractivity contribution in [2.75, 3.05) is 0 Å². The van der Waals surface area contributed by atoms with E-state index in [2.05, 4.69) is 9.98 Å². The molecule has 0 heterocycles. The maximum Gasteiger partial charge on any atom is 0.294 e. The Hall–Kier alpha value is -2.33. The summed E-state index contributed by atoms with van der Waals surface area (Å²) in [4.78, 5) is 7.38.